The molecule has 2 N–H and O–H groups in total. The summed E-state index contributed by atoms with van der Waals surface area (Å²) in [4.78, 5) is 23.0. The van der Waals surface area contributed by atoms with Gasteiger partial charge in [0, 0.05) is 12.1 Å². The van der Waals surface area contributed by atoms with E-state index < -0.39 is 0 Å². The number of amides is 1. The molecule has 1 amide bonds. The summed E-state index contributed by atoms with van der Waals surface area (Å²) >= 11 is 0. The largest absolute Gasteiger partial charge is 0.508 e. The van der Waals surface area contributed by atoms with Gasteiger partial charge in [0.15, 0.2) is 0 Å². The summed E-state index contributed by atoms with van der Waals surface area (Å²) in [6, 6.07) is 5.90. The molecule has 0 aliphatic rings. The highest BCUT2D eigenvalue weighted by Gasteiger charge is 2.07. The molecule has 104 valence electrons. The van der Waals surface area contributed by atoms with Gasteiger partial charge in [-0.3, -0.25) is 9.59 Å². The molecule has 0 atom stereocenters. The lowest BCUT2D eigenvalue weighted by atomic mass is 10.2. The third-order valence-corrected chi connectivity index (χ3v) is 2.32. The number of rotatable bonds is 6. The molecular formula is C14H19NO4. The van der Waals surface area contributed by atoms with E-state index in [0.717, 1.165) is 0 Å². The van der Waals surface area contributed by atoms with Gasteiger partial charge in [0.25, 0.3) is 5.91 Å². The first-order chi connectivity index (χ1) is 8.99. The fourth-order valence-corrected chi connectivity index (χ4v) is 1.32. The van der Waals surface area contributed by atoms with Gasteiger partial charge in [-0.2, -0.15) is 0 Å². The van der Waals surface area contributed by atoms with Crippen LogP contribution < -0.4 is 5.32 Å². The van der Waals surface area contributed by atoms with Crippen LogP contribution in [0, 0.1) is 5.92 Å². The zero-order valence-electron chi connectivity index (χ0n) is 11.2. The van der Waals surface area contributed by atoms with Crippen LogP contribution in [0.25, 0.3) is 0 Å². The number of esters is 1. The molecular weight excluding hydrogens is 246 g/mol. The normalized spacial score (nSPS) is 10.3. The molecule has 0 saturated heterocycles. The van der Waals surface area contributed by atoms with Crippen molar-refractivity contribution in [2.45, 2.75) is 20.3 Å². The number of hydrogen-bond acceptors (Lipinski definition) is 4. The van der Waals surface area contributed by atoms with Crippen molar-refractivity contribution in [2.24, 2.45) is 5.92 Å². The number of ether oxygens (including phenoxy) is 1. The van der Waals surface area contributed by atoms with Crippen molar-refractivity contribution in [1.82, 2.24) is 5.32 Å². The first-order valence-electron chi connectivity index (χ1n) is 6.22. The summed E-state index contributed by atoms with van der Waals surface area (Å²) in [6.45, 7) is 4.54. The van der Waals surface area contributed by atoms with E-state index in [0.29, 0.717) is 18.1 Å². The molecule has 5 heteroatoms. The smallest absolute Gasteiger partial charge is 0.307 e. The van der Waals surface area contributed by atoms with Crippen LogP contribution in [0.1, 0.15) is 30.6 Å². The standard InChI is InChI=1S/C14H19NO4/c1-10(2)9-19-13(17)7-8-15-14(18)11-3-5-12(16)6-4-11/h3-6,10,16H,7-9H2,1-2H3,(H,15,18). The van der Waals surface area contributed by atoms with Crippen LogP contribution in [0.2, 0.25) is 0 Å². The average Bonchev–Trinajstić information content (AvgIpc) is 2.37. The van der Waals surface area contributed by atoms with Gasteiger partial charge in [0.1, 0.15) is 5.75 Å². The van der Waals surface area contributed by atoms with Gasteiger partial charge in [-0.15, -0.1) is 0 Å². The van der Waals surface area contributed by atoms with E-state index in [-0.39, 0.29) is 30.6 Å². The monoisotopic (exact) mass is 265 g/mol. The van der Waals surface area contributed by atoms with Crippen LogP contribution in [0.3, 0.4) is 0 Å². The Morgan fingerprint density at radius 2 is 1.89 bits per heavy atom. The van der Waals surface area contributed by atoms with Gasteiger partial charge in [0.2, 0.25) is 0 Å². The number of benzene rings is 1. The second-order valence-corrected chi connectivity index (χ2v) is 4.63. The Hall–Kier alpha value is -2.04. The molecule has 0 heterocycles. The third kappa shape index (κ3) is 5.90. The van der Waals surface area contributed by atoms with Crippen LogP contribution >= 0.6 is 0 Å². The lowest BCUT2D eigenvalue weighted by Crippen LogP contribution is -2.26. The molecule has 0 bridgehead atoms. The van der Waals surface area contributed by atoms with Crippen molar-refractivity contribution < 1.29 is 19.4 Å². The molecule has 1 aromatic carbocycles. The summed E-state index contributed by atoms with van der Waals surface area (Å²) in [5.74, 6) is -0.194. The maximum Gasteiger partial charge on any atom is 0.307 e. The fraction of sp³-hybridized carbons (Fsp3) is 0.429. The summed E-state index contributed by atoms with van der Waals surface area (Å²) in [5.41, 5.74) is 0.438. The molecule has 0 unspecified atom stereocenters. The maximum absolute atomic E-state index is 11.7. The number of hydrogen-bond donors (Lipinski definition) is 2. The topological polar surface area (TPSA) is 75.6 Å². The van der Waals surface area contributed by atoms with Crippen molar-refractivity contribution in [3.8, 4) is 5.75 Å². The van der Waals surface area contributed by atoms with Crippen LogP contribution in [-0.2, 0) is 9.53 Å². The second-order valence-electron chi connectivity index (χ2n) is 4.63. The molecule has 0 radical (unpaired) electrons. The summed E-state index contributed by atoms with van der Waals surface area (Å²) in [7, 11) is 0. The predicted molar refractivity (Wildman–Crippen MR) is 70.9 cm³/mol. The van der Waals surface area contributed by atoms with E-state index in [1.165, 1.54) is 24.3 Å². The molecule has 0 spiro atoms. The molecule has 1 rings (SSSR count). The van der Waals surface area contributed by atoms with E-state index in [9.17, 15) is 9.59 Å². The zero-order chi connectivity index (χ0) is 14.3. The van der Waals surface area contributed by atoms with E-state index in [4.69, 9.17) is 9.84 Å². The van der Waals surface area contributed by atoms with Gasteiger partial charge < -0.3 is 15.2 Å². The minimum atomic E-state index is -0.320. The molecule has 0 aliphatic heterocycles. The van der Waals surface area contributed by atoms with Crippen LogP contribution in [0.15, 0.2) is 24.3 Å². The van der Waals surface area contributed by atoms with Gasteiger partial charge in [-0.05, 0) is 30.2 Å². The molecule has 0 fully saturated rings. The summed E-state index contributed by atoms with van der Waals surface area (Å²) in [5, 5.41) is 11.7. The van der Waals surface area contributed by atoms with Gasteiger partial charge in [0.05, 0.1) is 13.0 Å². The highest BCUT2D eigenvalue weighted by atomic mass is 16.5. The van der Waals surface area contributed by atoms with Crippen molar-refractivity contribution >= 4 is 11.9 Å². The van der Waals surface area contributed by atoms with Crippen molar-refractivity contribution in [1.29, 1.82) is 0 Å². The molecule has 5 nitrogen and oxygen atoms in total. The van der Waals surface area contributed by atoms with Crippen molar-refractivity contribution in [3.63, 3.8) is 0 Å². The Morgan fingerprint density at radius 3 is 2.47 bits per heavy atom. The van der Waals surface area contributed by atoms with Crippen molar-refractivity contribution in [3.05, 3.63) is 29.8 Å². The van der Waals surface area contributed by atoms with Crippen LogP contribution in [0.5, 0.6) is 5.75 Å². The fourth-order valence-electron chi connectivity index (χ4n) is 1.32. The van der Waals surface area contributed by atoms with Gasteiger partial charge >= 0.3 is 5.97 Å². The Labute approximate surface area is 112 Å². The van der Waals surface area contributed by atoms with Crippen LogP contribution in [0.4, 0.5) is 0 Å². The van der Waals surface area contributed by atoms with Gasteiger partial charge in [-0.25, -0.2) is 0 Å². The van der Waals surface area contributed by atoms with E-state index in [2.05, 4.69) is 5.32 Å². The predicted octanol–water partition coefficient (Wildman–Crippen LogP) is 1.71. The van der Waals surface area contributed by atoms with Crippen LogP contribution in [-0.4, -0.2) is 30.1 Å². The molecule has 0 aromatic heterocycles. The number of phenolic OH excluding ortho intramolecular Hbond substituents is 1. The number of carbonyl (C=O) groups is 2. The second kappa shape index (κ2) is 7.41. The summed E-state index contributed by atoms with van der Waals surface area (Å²) < 4.78 is 4.98. The third-order valence-electron chi connectivity index (χ3n) is 2.32. The van der Waals surface area contributed by atoms with Crippen molar-refractivity contribution in [2.75, 3.05) is 13.2 Å². The van der Waals surface area contributed by atoms with E-state index >= 15 is 0 Å². The molecule has 1 aromatic rings. The zero-order valence-corrected chi connectivity index (χ0v) is 11.2. The maximum atomic E-state index is 11.7. The van der Waals surface area contributed by atoms with E-state index in [1.807, 2.05) is 13.8 Å². The first kappa shape index (κ1) is 15.0. The number of carbonyl (C=O) groups excluding carboxylic acids is 2. The minimum Gasteiger partial charge on any atom is -0.508 e. The summed E-state index contributed by atoms with van der Waals surface area (Å²) in [6.07, 6.45) is 0.149. The highest BCUT2D eigenvalue weighted by Crippen LogP contribution is 2.09. The first-order valence-corrected chi connectivity index (χ1v) is 6.22. The Kier molecular flexibility index (Phi) is 5.85. The van der Waals surface area contributed by atoms with Gasteiger partial charge in [-0.1, -0.05) is 13.8 Å². The molecule has 0 aliphatic carbocycles. The minimum absolute atomic E-state index is 0.105. The quantitative estimate of drug-likeness (QED) is 0.768. The van der Waals surface area contributed by atoms with E-state index in [1.54, 1.807) is 0 Å². The number of aromatic hydroxyl groups is 1. The lowest BCUT2D eigenvalue weighted by Gasteiger charge is -2.08. The lowest BCUT2D eigenvalue weighted by molar-refractivity contribution is -0.144. The Balaban J connectivity index is 2.27. The molecule has 0 saturated carbocycles. The Bertz CT molecular complexity index is 426. The Morgan fingerprint density at radius 1 is 1.26 bits per heavy atom. The number of nitrogens with one attached hydrogen (secondary N) is 1. The number of phenols is 1. The molecule has 19 heavy (non-hydrogen) atoms. The highest BCUT2D eigenvalue weighted by molar-refractivity contribution is 5.94. The SMILES string of the molecule is CC(C)COC(=O)CCNC(=O)c1ccc(O)cc1. The average molecular weight is 265 g/mol.